The van der Waals surface area contributed by atoms with Crippen LogP contribution in [0, 0.1) is 23.7 Å². The van der Waals surface area contributed by atoms with Gasteiger partial charge < -0.3 is 18.9 Å². The van der Waals surface area contributed by atoms with Crippen LogP contribution in [0.4, 0.5) is 0 Å². The second kappa shape index (κ2) is 4.67. The maximum atomic E-state index is 6.30. The van der Waals surface area contributed by atoms with E-state index >= 15 is 0 Å². The summed E-state index contributed by atoms with van der Waals surface area (Å²) in [5, 5.41) is 0. The number of ether oxygens (including phenoxy) is 4. The molecule has 0 N–H and O–H groups in total. The molecule has 0 unspecified atom stereocenters. The van der Waals surface area contributed by atoms with E-state index in [-0.39, 0.29) is 24.7 Å². The zero-order valence-corrected chi connectivity index (χ0v) is 12.8. The van der Waals surface area contributed by atoms with Gasteiger partial charge in [-0.05, 0) is 12.8 Å². The van der Waals surface area contributed by atoms with Gasteiger partial charge in [0.15, 0.2) is 24.7 Å². The maximum Gasteiger partial charge on any atom is 0.178 e. The van der Waals surface area contributed by atoms with Crippen LogP contribution in [-0.2, 0) is 18.9 Å². The highest BCUT2D eigenvalue weighted by molar-refractivity contribution is 5.13. The third-order valence-electron chi connectivity index (χ3n) is 6.48. The minimum Gasteiger partial charge on any atom is -0.323 e. The van der Waals surface area contributed by atoms with E-state index in [0.717, 1.165) is 6.42 Å². The van der Waals surface area contributed by atoms with Crippen molar-refractivity contribution in [3.63, 3.8) is 0 Å². The smallest absolute Gasteiger partial charge is 0.178 e. The Kier molecular flexibility index (Phi) is 2.96. The van der Waals surface area contributed by atoms with Crippen LogP contribution in [0.15, 0.2) is 0 Å². The van der Waals surface area contributed by atoms with Crippen molar-refractivity contribution in [3.05, 3.63) is 0 Å². The Morgan fingerprint density at radius 1 is 0.857 bits per heavy atom. The molecule has 0 aromatic carbocycles. The van der Waals surface area contributed by atoms with Gasteiger partial charge in [-0.15, -0.1) is 0 Å². The molecule has 2 bridgehead atoms. The fourth-order valence-corrected chi connectivity index (χ4v) is 5.66. The van der Waals surface area contributed by atoms with Gasteiger partial charge in [0.25, 0.3) is 0 Å². The minimum absolute atomic E-state index is 0.0569. The van der Waals surface area contributed by atoms with Crippen LogP contribution in [0.25, 0.3) is 0 Å². The SMILES string of the molecule is CCCCCCCC[C@@]12O[C@H]3O[C@H]4O[C@@H](O1)[C@@H]1[C@H]4C[C@H]3[C@H]12. The molecule has 21 heavy (non-hydrogen) atoms. The Bertz CT molecular complexity index is 421. The molecule has 8 atom stereocenters. The molecule has 4 heteroatoms. The molecule has 1 saturated carbocycles. The van der Waals surface area contributed by atoms with Gasteiger partial charge in [0, 0.05) is 30.1 Å². The minimum atomic E-state index is -0.379. The van der Waals surface area contributed by atoms with E-state index in [1.165, 1.54) is 44.9 Å². The summed E-state index contributed by atoms with van der Waals surface area (Å²) in [6.07, 6.45) is 9.93. The number of hydrogen-bond donors (Lipinski definition) is 0. The molecule has 5 rings (SSSR count). The predicted molar refractivity (Wildman–Crippen MR) is 75.0 cm³/mol. The molecule has 1 aliphatic carbocycles. The standard InChI is InChI=1S/C17H26O4/c1-2-3-4-5-6-7-8-17-13-11-9-10-12(13)16(21-17)19-14(10)18-15(11)20-17/h10-16H,2-9H2,1H3/t10-,11+,12-,13-,14+,15-,16+,17-/m1/s1. The molecule has 4 heterocycles. The lowest BCUT2D eigenvalue weighted by atomic mass is 9.83. The van der Waals surface area contributed by atoms with Gasteiger partial charge in [-0.3, -0.25) is 0 Å². The Hall–Kier alpha value is -0.160. The lowest BCUT2D eigenvalue weighted by Gasteiger charge is -2.35. The second-order valence-corrected chi connectivity index (χ2v) is 7.61. The molecule has 0 aromatic rings. The highest BCUT2D eigenvalue weighted by Gasteiger charge is 2.77. The van der Waals surface area contributed by atoms with Crippen molar-refractivity contribution in [1.82, 2.24) is 0 Å². The number of rotatable bonds is 7. The first-order valence-corrected chi connectivity index (χ1v) is 8.99. The molecule has 4 saturated heterocycles. The van der Waals surface area contributed by atoms with Crippen LogP contribution in [0.5, 0.6) is 0 Å². The predicted octanol–water partition coefficient (Wildman–Crippen LogP) is 3.40. The van der Waals surface area contributed by atoms with Crippen LogP contribution in [0.2, 0.25) is 0 Å². The van der Waals surface area contributed by atoms with Crippen LogP contribution < -0.4 is 0 Å². The van der Waals surface area contributed by atoms with Crippen LogP contribution in [0.1, 0.15) is 58.3 Å². The highest BCUT2D eigenvalue weighted by Crippen LogP contribution is 2.69. The molecule has 4 nitrogen and oxygen atoms in total. The molecule has 118 valence electrons. The first-order valence-electron chi connectivity index (χ1n) is 8.99. The monoisotopic (exact) mass is 294 g/mol. The second-order valence-electron chi connectivity index (χ2n) is 7.61. The van der Waals surface area contributed by atoms with Gasteiger partial charge in [0.2, 0.25) is 0 Å². The van der Waals surface area contributed by atoms with Crippen molar-refractivity contribution in [3.8, 4) is 0 Å². The lowest BCUT2D eigenvalue weighted by molar-refractivity contribution is -0.382. The van der Waals surface area contributed by atoms with E-state index in [1.807, 2.05) is 0 Å². The largest absolute Gasteiger partial charge is 0.323 e. The summed E-state index contributed by atoms with van der Waals surface area (Å²) in [4.78, 5) is 0. The third-order valence-corrected chi connectivity index (χ3v) is 6.48. The summed E-state index contributed by atoms with van der Waals surface area (Å²) in [6, 6.07) is 0. The fraction of sp³-hybridized carbons (Fsp3) is 1.00. The molecule has 0 amide bonds. The van der Waals surface area contributed by atoms with Gasteiger partial charge >= 0.3 is 0 Å². The van der Waals surface area contributed by atoms with Gasteiger partial charge in [-0.2, -0.15) is 0 Å². The zero-order valence-electron chi connectivity index (χ0n) is 12.8. The van der Waals surface area contributed by atoms with Gasteiger partial charge in [0.1, 0.15) is 0 Å². The molecule has 4 aliphatic heterocycles. The quantitative estimate of drug-likeness (QED) is 0.674. The molecular formula is C17H26O4. The molecule has 5 fully saturated rings. The van der Waals surface area contributed by atoms with E-state index in [0.29, 0.717) is 23.7 Å². The van der Waals surface area contributed by atoms with Crippen molar-refractivity contribution >= 4 is 0 Å². The molecule has 0 radical (unpaired) electrons. The highest BCUT2D eigenvalue weighted by atomic mass is 16.9. The average Bonchev–Trinajstić information content (AvgIpc) is 3.12. The van der Waals surface area contributed by atoms with E-state index < -0.39 is 0 Å². The Balaban J connectivity index is 1.26. The topological polar surface area (TPSA) is 36.9 Å². The third kappa shape index (κ3) is 1.71. The Labute approximate surface area is 126 Å². The van der Waals surface area contributed by atoms with Crippen LogP contribution >= 0.6 is 0 Å². The Morgan fingerprint density at radius 2 is 1.62 bits per heavy atom. The van der Waals surface area contributed by atoms with Crippen LogP contribution in [-0.4, -0.2) is 24.7 Å². The van der Waals surface area contributed by atoms with Gasteiger partial charge in [-0.1, -0.05) is 39.0 Å². The van der Waals surface area contributed by atoms with Crippen LogP contribution in [0.3, 0.4) is 0 Å². The summed E-state index contributed by atoms with van der Waals surface area (Å²) in [5.41, 5.74) is 0. The van der Waals surface area contributed by atoms with Gasteiger partial charge in [-0.25, -0.2) is 0 Å². The summed E-state index contributed by atoms with van der Waals surface area (Å²) < 4.78 is 24.6. The maximum absolute atomic E-state index is 6.30. The number of hydrogen-bond acceptors (Lipinski definition) is 4. The fourth-order valence-electron chi connectivity index (χ4n) is 5.66. The summed E-state index contributed by atoms with van der Waals surface area (Å²) in [6.45, 7) is 2.26. The molecule has 0 aromatic heterocycles. The summed E-state index contributed by atoms with van der Waals surface area (Å²) in [5.74, 6) is 1.81. The molecule has 0 spiro atoms. The van der Waals surface area contributed by atoms with Crippen molar-refractivity contribution in [2.24, 2.45) is 23.7 Å². The average molecular weight is 294 g/mol. The van der Waals surface area contributed by atoms with Crippen molar-refractivity contribution in [2.45, 2.75) is 82.9 Å². The van der Waals surface area contributed by atoms with Crippen molar-refractivity contribution in [1.29, 1.82) is 0 Å². The van der Waals surface area contributed by atoms with E-state index in [2.05, 4.69) is 6.92 Å². The Morgan fingerprint density at radius 3 is 2.52 bits per heavy atom. The van der Waals surface area contributed by atoms with E-state index in [1.54, 1.807) is 0 Å². The first-order chi connectivity index (χ1) is 10.3. The summed E-state index contributed by atoms with van der Waals surface area (Å²) >= 11 is 0. The summed E-state index contributed by atoms with van der Waals surface area (Å²) in [7, 11) is 0. The van der Waals surface area contributed by atoms with Gasteiger partial charge in [0.05, 0.1) is 0 Å². The first kappa shape index (κ1) is 13.3. The zero-order chi connectivity index (χ0) is 14.0. The molecule has 5 aliphatic rings. The van der Waals surface area contributed by atoms with E-state index in [9.17, 15) is 0 Å². The lowest BCUT2D eigenvalue weighted by Crippen LogP contribution is -2.41. The molecular weight excluding hydrogens is 268 g/mol. The van der Waals surface area contributed by atoms with Crippen molar-refractivity contribution in [2.75, 3.05) is 0 Å². The van der Waals surface area contributed by atoms with E-state index in [4.69, 9.17) is 18.9 Å². The normalized spacial score (nSPS) is 55.0. The van der Waals surface area contributed by atoms with Crippen molar-refractivity contribution < 1.29 is 18.9 Å². The number of unbranched alkanes of at least 4 members (excludes halogenated alkanes) is 5.